The van der Waals surface area contributed by atoms with Crippen molar-refractivity contribution in [3.05, 3.63) is 15.8 Å². The molecule has 8 heteroatoms. The molecule has 1 aromatic heterocycles. The zero-order valence-corrected chi connectivity index (χ0v) is 12.8. The van der Waals surface area contributed by atoms with E-state index in [-0.39, 0.29) is 16.7 Å². The van der Waals surface area contributed by atoms with Crippen LogP contribution in [-0.2, 0) is 11.3 Å². The number of ether oxygens (including phenoxy) is 1. The lowest BCUT2D eigenvalue weighted by atomic mass is 10.2. The van der Waals surface area contributed by atoms with Crippen LogP contribution in [0.15, 0.2) is 0 Å². The van der Waals surface area contributed by atoms with Gasteiger partial charge in [-0.15, -0.1) is 0 Å². The molecular formula is C13H23N5O3. The second kappa shape index (κ2) is 6.86. The van der Waals surface area contributed by atoms with E-state index in [9.17, 15) is 10.1 Å². The number of hydrogen-bond donors (Lipinski definition) is 1. The third-order valence-electron chi connectivity index (χ3n) is 3.60. The molecule has 118 valence electrons. The molecule has 0 spiro atoms. The normalized spacial score (nSPS) is 17.7. The number of aromatic nitrogens is 2. The Balaban J connectivity index is 2.08. The average Bonchev–Trinajstić information content (AvgIpc) is 2.75. The first kappa shape index (κ1) is 15.7. The number of nitrogens with one attached hydrogen (secondary N) is 1. The molecule has 1 aliphatic heterocycles. The molecule has 1 N–H and O–H groups in total. The SMILES string of the molecule is CCn1nc(C)c([N+](=O)[O-])c1NC(C)CN1CCOCC1. The summed E-state index contributed by atoms with van der Waals surface area (Å²) in [6.07, 6.45) is 0. The Morgan fingerprint density at radius 1 is 1.48 bits per heavy atom. The zero-order valence-electron chi connectivity index (χ0n) is 12.8. The standard InChI is InChI=1S/C13H23N5O3/c1-4-17-13(12(18(19)20)11(3)15-17)14-10(2)9-16-5-7-21-8-6-16/h10,14H,4-9H2,1-3H3. The lowest BCUT2D eigenvalue weighted by Crippen LogP contribution is -2.42. The molecule has 1 atom stereocenters. The number of hydrogen-bond acceptors (Lipinski definition) is 6. The Morgan fingerprint density at radius 3 is 2.71 bits per heavy atom. The lowest BCUT2D eigenvalue weighted by Gasteiger charge is -2.29. The predicted molar refractivity (Wildman–Crippen MR) is 79.6 cm³/mol. The van der Waals surface area contributed by atoms with Crippen molar-refractivity contribution in [2.24, 2.45) is 0 Å². The maximum atomic E-state index is 11.2. The fourth-order valence-corrected chi connectivity index (χ4v) is 2.61. The van der Waals surface area contributed by atoms with Crippen LogP contribution >= 0.6 is 0 Å². The molecular weight excluding hydrogens is 274 g/mol. The van der Waals surface area contributed by atoms with Gasteiger partial charge in [-0.25, -0.2) is 4.68 Å². The molecule has 1 unspecified atom stereocenters. The van der Waals surface area contributed by atoms with Gasteiger partial charge in [0.25, 0.3) is 0 Å². The van der Waals surface area contributed by atoms with Gasteiger partial charge < -0.3 is 10.1 Å². The van der Waals surface area contributed by atoms with Gasteiger partial charge in [0.05, 0.1) is 18.1 Å². The van der Waals surface area contributed by atoms with Crippen molar-refractivity contribution in [2.45, 2.75) is 33.4 Å². The van der Waals surface area contributed by atoms with E-state index in [2.05, 4.69) is 15.3 Å². The van der Waals surface area contributed by atoms with Crippen molar-refractivity contribution < 1.29 is 9.66 Å². The van der Waals surface area contributed by atoms with Gasteiger partial charge in [-0.3, -0.25) is 15.0 Å². The highest BCUT2D eigenvalue weighted by Crippen LogP contribution is 2.28. The predicted octanol–water partition coefficient (Wildman–Crippen LogP) is 1.25. The van der Waals surface area contributed by atoms with E-state index in [1.165, 1.54) is 0 Å². The minimum absolute atomic E-state index is 0.0747. The first-order valence-electron chi connectivity index (χ1n) is 7.31. The van der Waals surface area contributed by atoms with Crippen molar-refractivity contribution >= 4 is 11.5 Å². The summed E-state index contributed by atoms with van der Waals surface area (Å²) in [4.78, 5) is 13.2. The van der Waals surface area contributed by atoms with E-state index in [4.69, 9.17) is 4.74 Å². The van der Waals surface area contributed by atoms with Crippen LogP contribution in [0.5, 0.6) is 0 Å². The Morgan fingerprint density at radius 2 is 2.14 bits per heavy atom. The van der Waals surface area contributed by atoms with Crippen LogP contribution in [0.2, 0.25) is 0 Å². The van der Waals surface area contributed by atoms with E-state index in [1.807, 2.05) is 13.8 Å². The van der Waals surface area contributed by atoms with Crippen LogP contribution in [0.3, 0.4) is 0 Å². The van der Waals surface area contributed by atoms with Crippen molar-refractivity contribution in [3.63, 3.8) is 0 Å². The number of aryl methyl sites for hydroxylation is 2. The lowest BCUT2D eigenvalue weighted by molar-refractivity contribution is -0.384. The van der Waals surface area contributed by atoms with Gasteiger partial charge in [0.15, 0.2) is 0 Å². The quantitative estimate of drug-likeness (QED) is 0.628. The fraction of sp³-hybridized carbons (Fsp3) is 0.769. The molecule has 0 amide bonds. The number of morpholine rings is 1. The van der Waals surface area contributed by atoms with Gasteiger partial charge in [0.1, 0.15) is 5.69 Å². The molecule has 0 aromatic carbocycles. The van der Waals surface area contributed by atoms with Gasteiger partial charge >= 0.3 is 5.69 Å². The summed E-state index contributed by atoms with van der Waals surface area (Å²) in [6.45, 7) is 10.4. The number of anilines is 1. The fourth-order valence-electron chi connectivity index (χ4n) is 2.61. The highest BCUT2D eigenvalue weighted by Gasteiger charge is 2.26. The highest BCUT2D eigenvalue weighted by atomic mass is 16.6. The van der Waals surface area contributed by atoms with Gasteiger partial charge in [-0.1, -0.05) is 0 Å². The molecule has 0 bridgehead atoms. The summed E-state index contributed by atoms with van der Waals surface area (Å²) in [5.74, 6) is 0.501. The van der Waals surface area contributed by atoms with E-state index in [0.29, 0.717) is 18.1 Å². The minimum atomic E-state index is -0.363. The molecule has 0 saturated carbocycles. The average molecular weight is 297 g/mol. The van der Waals surface area contributed by atoms with Gasteiger partial charge in [-0.2, -0.15) is 5.10 Å². The largest absolute Gasteiger partial charge is 0.379 e. The van der Waals surface area contributed by atoms with Gasteiger partial charge in [-0.05, 0) is 20.8 Å². The van der Waals surface area contributed by atoms with Crippen LogP contribution in [0, 0.1) is 17.0 Å². The minimum Gasteiger partial charge on any atom is -0.379 e. The summed E-state index contributed by atoms with van der Waals surface area (Å²) in [5, 5.41) is 18.7. The molecule has 2 rings (SSSR count). The molecule has 1 fully saturated rings. The molecule has 1 aromatic rings. The number of nitro groups is 1. The number of nitrogens with zero attached hydrogens (tertiary/aromatic N) is 4. The third kappa shape index (κ3) is 3.70. The summed E-state index contributed by atoms with van der Waals surface area (Å²) >= 11 is 0. The monoisotopic (exact) mass is 297 g/mol. The molecule has 1 aliphatic rings. The van der Waals surface area contributed by atoms with E-state index < -0.39 is 0 Å². The summed E-state index contributed by atoms with van der Waals surface area (Å²) < 4.78 is 6.98. The molecule has 2 heterocycles. The third-order valence-corrected chi connectivity index (χ3v) is 3.60. The smallest absolute Gasteiger partial charge is 0.333 e. The van der Waals surface area contributed by atoms with E-state index in [0.717, 1.165) is 32.8 Å². The van der Waals surface area contributed by atoms with Gasteiger partial charge in [0, 0.05) is 32.2 Å². The Labute approximate surface area is 124 Å². The van der Waals surface area contributed by atoms with E-state index in [1.54, 1.807) is 11.6 Å². The van der Waals surface area contributed by atoms with E-state index >= 15 is 0 Å². The first-order valence-corrected chi connectivity index (χ1v) is 7.31. The topological polar surface area (TPSA) is 85.5 Å². The molecule has 21 heavy (non-hydrogen) atoms. The zero-order chi connectivity index (χ0) is 15.4. The van der Waals surface area contributed by atoms with Crippen LogP contribution in [0.4, 0.5) is 11.5 Å². The Hall–Kier alpha value is -1.67. The summed E-state index contributed by atoms with van der Waals surface area (Å²) in [6, 6.07) is 0.100. The van der Waals surface area contributed by atoms with Crippen LogP contribution in [-0.4, -0.2) is 58.5 Å². The van der Waals surface area contributed by atoms with Crippen molar-refractivity contribution in [2.75, 3.05) is 38.2 Å². The number of rotatable bonds is 6. The molecule has 0 radical (unpaired) electrons. The highest BCUT2D eigenvalue weighted by molar-refractivity contribution is 5.60. The molecule has 8 nitrogen and oxygen atoms in total. The van der Waals surface area contributed by atoms with Crippen molar-refractivity contribution in [1.82, 2.24) is 14.7 Å². The second-order valence-electron chi connectivity index (χ2n) is 5.31. The van der Waals surface area contributed by atoms with Crippen molar-refractivity contribution in [3.8, 4) is 0 Å². The molecule has 0 aliphatic carbocycles. The van der Waals surface area contributed by atoms with Crippen LogP contribution in [0.1, 0.15) is 19.5 Å². The Kier molecular flexibility index (Phi) is 5.13. The maximum Gasteiger partial charge on any atom is 0.333 e. The Bertz CT molecular complexity index is 496. The molecule has 1 saturated heterocycles. The first-order chi connectivity index (χ1) is 10.0. The van der Waals surface area contributed by atoms with Gasteiger partial charge in [0.2, 0.25) is 5.82 Å². The van der Waals surface area contributed by atoms with Crippen molar-refractivity contribution in [1.29, 1.82) is 0 Å². The van der Waals surface area contributed by atoms with Crippen LogP contribution in [0.25, 0.3) is 0 Å². The second-order valence-corrected chi connectivity index (χ2v) is 5.31. The van der Waals surface area contributed by atoms with Crippen LogP contribution < -0.4 is 5.32 Å². The maximum absolute atomic E-state index is 11.2. The summed E-state index contributed by atoms with van der Waals surface area (Å²) in [7, 11) is 0. The summed E-state index contributed by atoms with van der Waals surface area (Å²) in [5.41, 5.74) is 0.522.